The summed E-state index contributed by atoms with van der Waals surface area (Å²) in [4.78, 5) is 51.5. The molecule has 0 aliphatic heterocycles. The fraction of sp³-hybridized carbons (Fsp3) is 0.448. The number of benzene rings is 2. The largest absolute Gasteiger partial charge is 0.453 e. The van der Waals surface area contributed by atoms with Crippen molar-refractivity contribution in [1.29, 1.82) is 0 Å². The van der Waals surface area contributed by atoms with Crippen LogP contribution in [-0.2, 0) is 14.3 Å². The summed E-state index contributed by atoms with van der Waals surface area (Å²) in [5, 5.41) is 2.73. The summed E-state index contributed by atoms with van der Waals surface area (Å²) in [7, 11) is 0. The molecule has 3 atom stereocenters. The van der Waals surface area contributed by atoms with Gasteiger partial charge in [-0.15, -0.1) is 0 Å². The van der Waals surface area contributed by atoms with E-state index in [9.17, 15) is 19.2 Å². The fourth-order valence-corrected chi connectivity index (χ4v) is 9.07. The van der Waals surface area contributed by atoms with Crippen LogP contribution in [0.15, 0.2) is 42.5 Å². The molecule has 186 valence electrons. The zero-order valence-electron chi connectivity index (χ0n) is 20.1. The molecule has 0 spiro atoms. The van der Waals surface area contributed by atoms with E-state index in [1.54, 1.807) is 43.3 Å². The number of ether oxygens (including phenoxy) is 1. The summed E-state index contributed by atoms with van der Waals surface area (Å²) < 4.78 is 5.73. The van der Waals surface area contributed by atoms with E-state index >= 15 is 0 Å². The molecule has 6 nitrogen and oxygen atoms in total. The highest BCUT2D eigenvalue weighted by Gasteiger charge is 2.57. The molecule has 4 fully saturated rings. The van der Waals surface area contributed by atoms with Crippen LogP contribution in [0.2, 0.25) is 0 Å². The van der Waals surface area contributed by atoms with Crippen LogP contribution in [0.4, 0.5) is 5.69 Å². The van der Waals surface area contributed by atoms with Crippen molar-refractivity contribution in [3.05, 3.63) is 64.7 Å². The van der Waals surface area contributed by atoms with Gasteiger partial charge in [-0.3, -0.25) is 19.2 Å². The lowest BCUT2D eigenvalue weighted by Gasteiger charge is -2.60. The van der Waals surface area contributed by atoms with Gasteiger partial charge in [0.25, 0.3) is 5.91 Å². The number of fused-ring (bicyclic) bond motifs is 2. The predicted octanol–water partition coefficient (Wildman–Crippen LogP) is 5.46. The average Bonchev–Trinajstić information content (AvgIpc) is 2.80. The molecular formula is C29H28BrNO5. The van der Waals surface area contributed by atoms with E-state index in [0.29, 0.717) is 40.6 Å². The third-order valence-electron chi connectivity index (χ3n) is 8.50. The number of esters is 1. The third-order valence-corrected chi connectivity index (χ3v) is 9.43. The molecule has 0 aromatic heterocycles. The van der Waals surface area contributed by atoms with E-state index in [-0.39, 0.29) is 32.8 Å². The van der Waals surface area contributed by atoms with Crippen molar-refractivity contribution < 1.29 is 23.9 Å². The first-order valence-corrected chi connectivity index (χ1v) is 13.4. The lowest BCUT2D eigenvalue weighted by Crippen LogP contribution is -2.53. The summed E-state index contributed by atoms with van der Waals surface area (Å²) in [6.45, 7) is 1.56. The molecule has 0 heterocycles. The number of halogens is 1. The minimum atomic E-state index is -0.974. The lowest BCUT2D eigenvalue weighted by atomic mass is 9.49. The van der Waals surface area contributed by atoms with Crippen molar-refractivity contribution in [3.63, 3.8) is 0 Å². The highest BCUT2D eigenvalue weighted by molar-refractivity contribution is 9.10. The molecule has 1 N–H and O–H groups in total. The monoisotopic (exact) mass is 549 g/mol. The van der Waals surface area contributed by atoms with E-state index in [2.05, 4.69) is 21.2 Å². The summed E-state index contributed by atoms with van der Waals surface area (Å²) in [5.74, 6) is 0.0694. The Labute approximate surface area is 218 Å². The van der Waals surface area contributed by atoms with E-state index in [1.165, 1.54) is 25.3 Å². The van der Waals surface area contributed by atoms with Gasteiger partial charge < -0.3 is 10.1 Å². The number of carbonyl (C=O) groups excluding carboxylic acids is 4. The van der Waals surface area contributed by atoms with Crippen molar-refractivity contribution in [2.24, 2.45) is 17.3 Å². The second-order valence-corrected chi connectivity index (χ2v) is 13.1. The van der Waals surface area contributed by atoms with E-state index in [4.69, 9.17) is 4.74 Å². The maximum atomic E-state index is 13.0. The molecule has 36 heavy (non-hydrogen) atoms. The van der Waals surface area contributed by atoms with Gasteiger partial charge in [-0.05, 0) is 80.9 Å². The van der Waals surface area contributed by atoms with E-state index in [1.807, 2.05) is 0 Å². The van der Waals surface area contributed by atoms with Crippen LogP contribution in [0, 0.1) is 17.3 Å². The Balaban J connectivity index is 1.11. The van der Waals surface area contributed by atoms with Gasteiger partial charge in [-0.1, -0.05) is 40.2 Å². The first-order valence-electron chi connectivity index (χ1n) is 12.7. The van der Waals surface area contributed by atoms with Crippen LogP contribution in [0.3, 0.4) is 0 Å². The Bertz CT molecular complexity index is 1300. The van der Waals surface area contributed by atoms with Gasteiger partial charge in [0.2, 0.25) is 0 Å². The normalized spacial score (nSPS) is 30.4. The molecule has 0 saturated heterocycles. The summed E-state index contributed by atoms with van der Waals surface area (Å²) in [5.41, 5.74) is 1.67. The fourth-order valence-electron chi connectivity index (χ4n) is 7.56. The number of rotatable bonds is 5. The SMILES string of the molecule is C[C@@H](OC(=O)CC12C[C@H]3C[C@@H](CC(Br)(C3)C1)C2)C(=O)Nc1ccc2c(c1)C(=O)c1ccccc1C2=O. The number of amides is 1. The molecule has 4 bridgehead atoms. The molecule has 7 rings (SSSR count). The van der Waals surface area contributed by atoms with Crippen molar-refractivity contribution in [2.75, 3.05) is 5.32 Å². The van der Waals surface area contributed by atoms with E-state index < -0.39 is 12.0 Å². The predicted molar refractivity (Wildman–Crippen MR) is 137 cm³/mol. The van der Waals surface area contributed by atoms with Gasteiger partial charge in [0.1, 0.15) is 0 Å². The van der Waals surface area contributed by atoms with Crippen LogP contribution in [-0.4, -0.2) is 33.9 Å². The Hall–Kier alpha value is -2.80. The third kappa shape index (κ3) is 4.01. The zero-order valence-corrected chi connectivity index (χ0v) is 21.7. The first kappa shape index (κ1) is 23.6. The van der Waals surface area contributed by atoms with Crippen LogP contribution in [0.25, 0.3) is 0 Å². The number of nitrogens with one attached hydrogen (secondary N) is 1. The summed E-state index contributed by atoms with van der Waals surface area (Å²) in [6.07, 6.45) is 6.16. The Morgan fingerprint density at radius 3 is 2.22 bits per heavy atom. The minimum absolute atomic E-state index is 0.0253. The van der Waals surface area contributed by atoms with Crippen molar-refractivity contribution in [1.82, 2.24) is 0 Å². The Kier molecular flexibility index (Phi) is 5.48. The molecule has 4 saturated carbocycles. The molecule has 0 unspecified atom stereocenters. The van der Waals surface area contributed by atoms with Gasteiger partial charge in [0.05, 0.1) is 6.42 Å². The van der Waals surface area contributed by atoms with Gasteiger partial charge >= 0.3 is 5.97 Å². The maximum Gasteiger partial charge on any atom is 0.307 e. The minimum Gasteiger partial charge on any atom is -0.453 e. The van der Waals surface area contributed by atoms with Crippen LogP contribution >= 0.6 is 15.9 Å². The molecule has 7 heteroatoms. The number of hydrogen-bond donors (Lipinski definition) is 1. The molecule has 1 amide bonds. The highest BCUT2D eigenvalue weighted by Crippen LogP contribution is 2.65. The van der Waals surface area contributed by atoms with Crippen molar-refractivity contribution in [2.45, 2.75) is 62.3 Å². The molecule has 2 aromatic rings. The Morgan fingerprint density at radius 1 is 0.972 bits per heavy atom. The zero-order chi connectivity index (χ0) is 25.2. The molecule has 2 aromatic carbocycles. The standard InChI is InChI=1S/C29H28BrNO5/c1-16(36-24(32)14-28-10-17-8-18(11-28)13-29(30,12-17)15-28)27(35)31-19-6-7-22-23(9-19)26(34)21-5-3-2-4-20(21)25(22)33/h2-7,9,16-18H,8,10-15H2,1H3,(H,31,35)/t16-,17-,18-,28?,29?/m1/s1. The van der Waals surface area contributed by atoms with Gasteiger partial charge in [-0.25, -0.2) is 0 Å². The lowest BCUT2D eigenvalue weighted by molar-refractivity contribution is -0.159. The molecule has 5 aliphatic carbocycles. The topological polar surface area (TPSA) is 89.5 Å². The van der Waals surface area contributed by atoms with E-state index in [0.717, 1.165) is 19.3 Å². The number of anilines is 1. The van der Waals surface area contributed by atoms with Gasteiger partial charge in [0.15, 0.2) is 17.7 Å². The average molecular weight is 550 g/mol. The molecule has 0 radical (unpaired) electrons. The number of carbonyl (C=O) groups is 4. The smallest absolute Gasteiger partial charge is 0.307 e. The number of hydrogen-bond acceptors (Lipinski definition) is 5. The van der Waals surface area contributed by atoms with Crippen LogP contribution < -0.4 is 5.32 Å². The number of ketones is 2. The second kappa shape index (κ2) is 8.37. The Morgan fingerprint density at radius 2 is 1.58 bits per heavy atom. The second-order valence-electron chi connectivity index (χ2n) is 11.4. The summed E-state index contributed by atoms with van der Waals surface area (Å²) in [6, 6.07) is 11.4. The summed E-state index contributed by atoms with van der Waals surface area (Å²) >= 11 is 3.98. The van der Waals surface area contributed by atoms with Gasteiger partial charge in [-0.2, -0.15) is 0 Å². The first-order chi connectivity index (χ1) is 17.1. The maximum absolute atomic E-state index is 13.0. The number of alkyl halides is 1. The van der Waals surface area contributed by atoms with Gasteiger partial charge in [0, 0.05) is 32.3 Å². The molecular weight excluding hydrogens is 522 g/mol. The highest BCUT2D eigenvalue weighted by atomic mass is 79.9. The van der Waals surface area contributed by atoms with Crippen molar-refractivity contribution >= 4 is 45.1 Å². The van der Waals surface area contributed by atoms with Crippen molar-refractivity contribution in [3.8, 4) is 0 Å². The quantitative estimate of drug-likeness (QED) is 0.337. The van der Waals surface area contributed by atoms with Crippen LogP contribution in [0.1, 0.15) is 83.7 Å². The van der Waals surface area contributed by atoms with Crippen LogP contribution in [0.5, 0.6) is 0 Å². The molecule has 5 aliphatic rings.